The SMILES string of the molecule is Cc1cc(C)c(NC(=O)C(=O)NCC(O)c2ccc3c(c2)CCO3)c(C)c1. The molecule has 1 aliphatic heterocycles. The maximum absolute atomic E-state index is 12.2. The minimum atomic E-state index is -0.893. The Hall–Kier alpha value is -2.86. The maximum Gasteiger partial charge on any atom is 0.313 e. The zero-order valence-electron chi connectivity index (χ0n) is 15.8. The summed E-state index contributed by atoms with van der Waals surface area (Å²) in [5.74, 6) is -0.698. The summed E-state index contributed by atoms with van der Waals surface area (Å²) in [7, 11) is 0. The molecule has 0 fully saturated rings. The third kappa shape index (κ3) is 4.28. The Morgan fingerprint density at radius 3 is 2.52 bits per heavy atom. The number of nitrogens with one attached hydrogen (secondary N) is 2. The molecule has 0 saturated carbocycles. The molecule has 2 aromatic rings. The molecular formula is C21H24N2O4. The Kier molecular flexibility index (Phi) is 5.46. The summed E-state index contributed by atoms with van der Waals surface area (Å²) < 4.78 is 5.44. The molecule has 1 aliphatic rings. The van der Waals surface area contributed by atoms with Crippen LogP contribution < -0.4 is 15.4 Å². The van der Waals surface area contributed by atoms with E-state index in [1.54, 1.807) is 6.07 Å². The van der Waals surface area contributed by atoms with Gasteiger partial charge in [0, 0.05) is 18.7 Å². The van der Waals surface area contributed by atoms with Gasteiger partial charge in [-0.15, -0.1) is 0 Å². The molecule has 6 heteroatoms. The number of rotatable bonds is 4. The lowest BCUT2D eigenvalue weighted by Gasteiger charge is -2.15. The number of aliphatic hydroxyl groups is 1. The summed E-state index contributed by atoms with van der Waals surface area (Å²) in [6.07, 6.45) is -0.0876. The molecule has 1 heterocycles. The number of aryl methyl sites for hydroxylation is 3. The molecule has 1 atom stereocenters. The largest absolute Gasteiger partial charge is 0.493 e. The van der Waals surface area contributed by atoms with Gasteiger partial charge in [-0.3, -0.25) is 9.59 Å². The van der Waals surface area contributed by atoms with Crippen molar-refractivity contribution in [3.8, 4) is 5.75 Å². The van der Waals surface area contributed by atoms with E-state index in [1.807, 2.05) is 45.0 Å². The number of hydrogen-bond donors (Lipinski definition) is 3. The van der Waals surface area contributed by atoms with E-state index in [4.69, 9.17) is 4.74 Å². The van der Waals surface area contributed by atoms with E-state index in [2.05, 4.69) is 10.6 Å². The maximum atomic E-state index is 12.2. The summed E-state index contributed by atoms with van der Waals surface area (Å²) >= 11 is 0. The molecule has 0 spiro atoms. The number of carbonyl (C=O) groups excluding carboxylic acids is 2. The number of benzene rings is 2. The van der Waals surface area contributed by atoms with Crippen molar-refractivity contribution in [2.45, 2.75) is 33.3 Å². The molecule has 0 aliphatic carbocycles. The molecule has 1 unspecified atom stereocenters. The summed E-state index contributed by atoms with van der Waals surface area (Å²) in [6.45, 7) is 6.34. The van der Waals surface area contributed by atoms with Crippen LogP contribution in [0.25, 0.3) is 0 Å². The minimum absolute atomic E-state index is 0.0439. The van der Waals surface area contributed by atoms with Crippen molar-refractivity contribution in [2.24, 2.45) is 0 Å². The first kappa shape index (κ1) is 18.9. The van der Waals surface area contributed by atoms with Gasteiger partial charge in [0.25, 0.3) is 0 Å². The lowest BCUT2D eigenvalue weighted by molar-refractivity contribution is -0.136. The molecule has 3 N–H and O–H groups in total. The summed E-state index contributed by atoms with van der Waals surface area (Å²) in [6, 6.07) is 9.35. The van der Waals surface area contributed by atoms with E-state index < -0.39 is 17.9 Å². The number of ether oxygens (including phenoxy) is 1. The highest BCUT2D eigenvalue weighted by Gasteiger charge is 2.19. The van der Waals surface area contributed by atoms with Gasteiger partial charge in [-0.25, -0.2) is 0 Å². The second-order valence-electron chi connectivity index (χ2n) is 6.92. The second-order valence-corrected chi connectivity index (χ2v) is 6.92. The van der Waals surface area contributed by atoms with Crippen molar-refractivity contribution in [3.05, 3.63) is 58.1 Å². The first-order chi connectivity index (χ1) is 12.8. The van der Waals surface area contributed by atoms with E-state index in [0.717, 1.165) is 34.4 Å². The molecule has 6 nitrogen and oxygen atoms in total. The Balaban J connectivity index is 1.58. The number of fused-ring (bicyclic) bond motifs is 1. The minimum Gasteiger partial charge on any atom is -0.493 e. The first-order valence-corrected chi connectivity index (χ1v) is 8.96. The van der Waals surface area contributed by atoms with Crippen molar-refractivity contribution in [2.75, 3.05) is 18.5 Å². The predicted molar refractivity (Wildman–Crippen MR) is 103 cm³/mol. The standard InChI is InChI=1S/C21H24N2O4/c1-12-8-13(2)19(14(3)9-12)23-21(26)20(25)22-11-17(24)15-4-5-18-16(10-15)6-7-27-18/h4-5,8-10,17,24H,6-7,11H2,1-3H3,(H,22,25)(H,23,26). The van der Waals surface area contributed by atoms with Crippen LogP contribution in [-0.2, 0) is 16.0 Å². The van der Waals surface area contributed by atoms with Crippen LogP contribution in [0.3, 0.4) is 0 Å². The smallest absolute Gasteiger partial charge is 0.313 e. The van der Waals surface area contributed by atoms with Crippen LogP contribution in [0.4, 0.5) is 5.69 Å². The topological polar surface area (TPSA) is 87.7 Å². The summed E-state index contributed by atoms with van der Waals surface area (Å²) in [5, 5.41) is 15.4. The van der Waals surface area contributed by atoms with Crippen molar-refractivity contribution < 1.29 is 19.4 Å². The monoisotopic (exact) mass is 368 g/mol. The van der Waals surface area contributed by atoms with Gasteiger partial charge in [-0.1, -0.05) is 23.8 Å². The Morgan fingerprint density at radius 1 is 1.11 bits per heavy atom. The van der Waals surface area contributed by atoms with Gasteiger partial charge in [-0.05, 0) is 55.2 Å². The third-order valence-corrected chi connectivity index (χ3v) is 4.68. The quantitative estimate of drug-likeness (QED) is 0.723. The van der Waals surface area contributed by atoms with Crippen LogP contribution in [-0.4, -0.2) is 30.1 Å². The number of carbonyl (C=O) groups is 2. The van der Waals surface area contributed by atoms with Crippen LogP contribution >= 0.6 is 0 Å². The van der Waals surface area contributed by atoms with Crippen LogP contribution in [0.15, 0.2) is 30.3 Å². The number of amides is 2. The van der Waals surface area contributed by atoms with E-state index in [1.165, 1.54) is 0 Å². The van der Waals surface area contributed by atoms with Gasteiger partial charge in [-0.2, -0.15) is 0 Å². The van der Waals surface area contributed by atoms with Crippen molar-refractivity contribution in [3.63, 3.8) is 0 Å². The summed E-state index contributed by atoms with van der Waals surface area (Å²) in [5.41, 5.74) is 5.25. The van der Waals surface area contributed by atoms with Crippen LogP contribution in [0.1, 0.15) is 33.9 Å². The van der Waals surface area contributed by atoms with Crippen LogP contribution in [0, 0.1) is 20.8 Å². The molecule has 2 amide bonds. The fraction of sp³-hybridized carbons (Fsp3) is 0.333. The van der Waals surface area contributed by atoms with Crippen LogP contribution in [0.2, 0.25) is 0 Å². The number of aliphatic hydroxyl groups excluding tert-OH is 1. The lowest BCUT2D eigenvalue weighted by atomic mass is 10.0. The van der Waals surface area contributed by atoms with Gasteiger partial charge in [0.05, 0.1) is 12.7 Å². The average Bonchev–Trinajstić information content (AvgIpc) is 3.09. The Labute approximate surface area is 158 Å². The molecule has 2 aromatic carbocycles. The van der Waals surface area contributed by atoms with E-state index in [-0.39, 0.29) is 6.54 Å². The van der Waals surface area contributed by atoms with Crippen molar-refractivity contribution >= 4 is 17.5 Å². The third-order valence-electron chi connectivity index (χ3n) is 4.68. The second kappa shape index (κ2) is 7.80. The zero-order valence-corrected chi connectivity index (χ0v) is 15.8. The zero-order chi connectivity index (χ0) is 19.6. The van der Waals surface area contributed by atoms with Gasteiger partial charge >= 0.3 is 11.8 Å². The molecule has 27 heavy (non-hydrogen) atoms. The number of anilines is 1. The highest BCUT2D eigenvalue weighted by atomic mass is 16.5. The van der Waals surface area contributed by atoms with Crippen LogP contribution in [0.5, 0.6) is 5.75 Å². The Morgan fingerprint density at radius 2 is 1.81 bits per heavy atom. The predicted octanol–water partition coefficient (Wildman–Crippen LogP) is 2.34. The van der Waals surface area contributed by atoms with E-state index in [0.29, 0.717) is 17.9 Å². The molecular weight excluding hydrogens is 344 g/mol. The van der Waals surface area contributed by atoms with E-state index in [9.17, 15) is 14.7 Å². The molecule has 142 valence electrons. The molecule has 0 saturated heterocycles. The van der Waals surface area contributed by atoms with Crippen molar-refractivity contribution in [1.82, 2.24) is 5.32 Å². The highest BCUT2D eigenvalue weighted by molar-refractivity contribution is 6.39. The fourth-order valence-electron chi connectivity index (χ4n) is 3.35. The van der Waals surface area contributed by atoms with Gasteiger partial charge in [0.1, 0.15) is 5.75 Å². The van der Waals surface area contributed by atoms with Crippen molar-refractivity contribution in [1.29, 1.82) is 0 Å². The fourth-order valence-corrected chi connectivity index (χ4v) is 3.35. The van der Waals surface area contributed by atoms with E-state index >= 15 is 0 Å². The van der Waals surface area contributed by atoms with Gasteiger partial charge < -0.3 is 20.5 Å². The average molecular weight is 368 g/mol. The highest BCUT2D eigenvalue weighted by Crippen LogP contribution is 2.28. The van der Waals surface area contributed by atoms with Gasteiger partial charge in [0.15, 0.2) is 0 Å². The molecule has 0 aromatic heterocycles. The Bertz CT molecular complexity index is 869. The molecule has 0 radical (unpaired) electrons. The molecule has 0 bridgehead atoms. The first-order valence-electron chi connectivity index (χ1n) is 8.96. The normalized spacial score (nSPS) is 13.5. The van der Waals surface area contributed by atoms with Gasteiger partial charge in [0.2, 0.25) is 0 Å². The lowest BCUT2D eigenvalue weighted by Crippen LogP contribution is -2.37. The number of hydrogen-bond acceptors (Lipinski definition) is 4. The summed E-state index contributed by atoms with van der Waals surface area (Å²) in [4.78, 5) is 24.3. The molecule has 3 rings (SSSR count).